The lowest BCUT2D eigenvalue weighted by molar-refractivity contribution is 0.0999. The Hall–Kier alpha value is -2.36. The Balaban J connectivity index is 2.12. The summed E-state index contributed by atoms with van der Waals surface area (Å²) in [6.45, 7) is 4.80. The normalized spacial score (nSPS) is 11.9. The second kappa shape index (κ2) is 9.82. The monoisotopic (exact) mass is 340 g/mol. The van der Waals surface area contributed by atoms with E-state index in [1.165, 1.54) is 25.7 Å². The third kappa shape index (κ3) is 5.89. The standard InChI is InChI=1S/C21H28N2O2/c1-3-4-5-6-9-16(2)19-12-11-17(21(22)24)14-20(19)25-15-18-10-7-8-13-23-18/h7-8,10-14,16H,3-6,9,15H2,1-2H3,(H2,22,24). The number of ether oxygens (including phenoxy) is 1. The van der Waals surface area contributed by atoms with Gasteiger partial charge >= 0.3 is 0 Å². The third-order valence-electron chi connectivity index (χ3n) is 4.42. The first-order valence-corrected chi connectivity index (χ1v) is 9.08. The summed E-state index contributed by atoms with van der Waals surface area (Å²) in [6.07, 6.45) is 7.82. The molecule has 4 heteroatoms. The van der Waals surface area contributed by atoms with Crippen LogP contribution in [-0.4, -0.2) is 10.9 Å². The fraction of sp³-hybridized carbons (Fsp3) is 0.429. The summed E-state index contributed by atoms with van der Waals surface area (Å²) in [7, 11) is 0. The van der Waals surface area contributed by atoms with E-state index >= 15 is 0 Å². The Morgan fingerprint density at radius 1 is 1.20 bits per heavy atom. The molecule has 0 aliphatic carbocycles. The second-order valence-electron chi connectivity index (χ2n) is 6.48. The Morgan fingerprint density at radius 2 is 2.04 bits per heavy atom. The highest BCUT2D eigenvalue weighted by atomic mass is 16.5. The van der Waals surface area contributed by atoms with Crippen molar-refractivity contribution >= 4 is 5.91 Å². The predicted molar refractivity (Wildman–Crippen MR) is 101 cm³/mol. The van der Waals surface area contributed by atoms with E-state index in [2.05, 4.69) is 18.8 Å². The van der Waals surface area contributed by atoms with Gasteiger partial charge in [0.15, 0.2) is 0 Å². The molecule has 134 valence electrons. The highest BCUT2D eigenvalue weighted by Crippen LogP contribution is 2.31. The number of carbonyl (C=O) groups excluding carboxylic acids is 1. The molecule has 0 fully saturated rings. The van der Waals surface area contributed by atoms with Gasteiger partial charge in [0, 0.05) is 11.8 Å². The molecule has 0 aliphatic rings. The maximum atomic E-state index is 11.5. The fourth-order valence-corrected chi connectivity index (χ4v) is 2.89. The largest absolute Gasteiger partial charge is 0.487 e. The van der Waals surface area contributed by atoms with Crippen LogP contribution < -0.4 is 10.5 Å². The van der Waals surface area contributed by atoms with Gasteiger partial charge in [0.1, 0.15) is 12.4 Å². The van der Waals surface area contributed by atoms with E-state index in [0.29, 0.717) is 18.1 Å². The highest BCUT2D eigenvalue weighted by Gasteiger charge is 2.14. The van der Waals surface area contributed by atoms with Crippen molar-refractivity contribution in [1.29, 1.82) is 0 Å². The number of rotatable bonds is 10. The summed E-state index contributed by atoms with van der Waals surface area (Å²) in [5, 5.41) is 0. The molecule has 0 bridgehead atoms. The van der Waals surface area contributed by atoms with Crippen LogP contribution in [0.15, 0.2) is 42.6 Å². The number of aromatic nitrogens is 1. The predicted octanol–water partition coefficient (Wildman–Crippen LogP) is 4.83. The van der Waals surface area contributed by atoms with Crippen molar-refractivity contribution < 1.29 is 9.53 Å². The van der Waals surface area contributed by atoms with Gasteiger partial charge in [-0.15, -0.1) is 0 Å². The Bertz CT molecular complexity index is 671. The van der Waals surface area contributed by atoms with E-state index in [9.17, 15) is 4.79 Å². The smallest absolute Gasteiger partial charge is 0.248 e. The van der Waals surface area contributed by atoms with Crippen molar-refractivity contribution in [1.82, 2.24) is 4.98 Å². The minimum atomic E-state index is -0.440. The number of pyridine rings is 1. The van der Waals surface area contributed by atoms with Gasteiger partial charge in [-0.3, -0.25) is 9.78 Å². The average Bonchev–Trinajstić information content (AvgIpc) is 2.64. The molecule has 0 saturated heterocycles. The number of carbonyl (C=O) groups is 1. The maximum Gasteiger partial charge on any atom is 0.248 e. The molecule has 1 amide bonds. The molecule has 0 spiro atoms. The van der Waals surface area contributed by atoms with Gasteiger partial charge < -0.3 is 10.5 Å². The zero-order valence-electron chi connectivity index (χ0n) is 15.2. The summed E-state index contributed by atoms with van der Waals surface area (Å²) in [5.41, 5.74) is 7.87. The SMILES string of the molecule is CCCCCCC(C)c1ccc(C(N)=O)cc1OCc1ccccn1. The van der Waals surface area contributed by atoms with Crippen LogP contribution >= 0.6 is 0 Å². The molecule has 0 saturated carbocycles. The van der Waals surface area contributed by atoms with Gasteiger partial charge in [0.25, 0.3) is 0 Å². The molecule has 0 aliphatic heterocycles. The molecule has 2 rings (SSSR count). The lowest BCUT2D eigenvalue weighted by Gasteiger charge is -2.18. The molecule has 1 atom stereocenters. The fourth-order valence-electron chi connectivity index (χ4n) is 2.89. The van der Waals surface area contributed by atoms with E-state index in [4.69, 9.17) is 10.5 Å². The first-order chi connectivity index (χ1) is 12.1. The van der Waals surface area contributed by atoms with Crippen LogP contribution in [0, 0.1) is 0 Å². The molecule has 2 aromatic rings. The Kier molecular flexibility index (Phi) is 7.45. The van der Waals surface area contributed by atoms with Gasteiger partial charge in [0.05, 0.1) is 5.69 Å². The summed E-state index contributed by atoms with van der Waals surface area (Å²) >= 11 is 0. The van der Waals surface area contributed by atoms with E-state index < -0.39 is 5.91 Å². The summed E-state index contributed by atoms with van der Waals surface area (Å²) in [4.78, 5) is 15.8. The van der Waals surface area contributed by atoms with Crippen molar-refractivity contribution in [2.24, 2.45) is 5.73 Å². The van der Waals surface area contributed by atoms with Crippen LogP contribution in [0.25, 0.3) is 0 Å². The summed E-state index contributed by atoms with van der Waals surface area (Å²) in [5.74, 6) is 0.660. The van der Waals surface area contributed by atoms with Gasteiger partial charge in [0.2, 0.25) is 5.91 Å². The summed E-state index contributed by atoms with van der Waals surface area (Å²) < 4.78 is 5.99. The molecule has 1 aromatic heterocycles. The van der Waals surface area contributed by atoms with Crippen LogP contribution in [0.5, 0.6) is 5.75 Å². The quantitative estimate of drug-likeness (QED) is 0.630. The average molecular weight is 340 g/mol. The van der Waals surface area contributed by atoms with Crippen LogP contribution in [0.4, 0.5) is 0 Å². The zero-order valence-corrected chi connectivity index (χ0v) is 15.2. The van der Waals surface area contributed by atoms with Gasteiger partial charge in [-0.25, -0.2) is 0 Å². The van der Waals surface area contributed by atoms with Crippen molar-refractivity contribution in [2.75, 3.05) is 0 Å². The lowest BCUT2D eigenvalue weighted by atomic mass is 9.93. The van der Waals surface area contributed by atoms with Crippen LogP contribution in [0.3, 0.4) is 0 Å². The zero-order chi connectivity index (χ0) is 18.1. The molecule has 1 heterocycles. The molecule has 1 aromatic carbocycles. The minimum Gasteiger partial charge on any atom is -0.487 e. The van der Waals surface area contributed by atoms with Crippen molar-refractivity contribution in [2.45, 2.75) is 58.5 Å². The highest BCUT2D eigenvalue weighted by molar-refractivity contribution is 5.93. The number of nitrogens with two attached hydrogens (primary N) is 1. The minimum absolute atomic E-state index is 0.373. The van der Waals surface area contributed by atoms with E-state index in [1.807, 2.05) is 24.3 Å². The first-order valence-electron chi connectivity index (χ1n) is 9.08. The summed E-state index contributed by atoms with van der Waals surface area (Å²) in [6, 6.07) is 11.2. The molecule has 4 nitrogen and oxygen atoms in total. The Morgan fingerprint density at radius 3 is 2.72 bits per heavy atom. The number of primary amides is 1. The van der Waals surface area contributed by atoms with E-state index in [-0.39, 0.29) is 0 Å². The number of benzene rings is 1. The van der Waals surface area contributed by atoms with Gasteiger partial charge in [-0.1, -0.05) is 51.7 Å². The number of nitrogens with zero attached hydrogens (tertiary/aromatic N) is 1. The molecular formula is C21H28N2O2. The number of hydrogen-bond acceptors (Lipinski definition) is 3. The molecule has 2 N–H and O–H groups in total. The van der Waals surface area contributed by atoms with Gasteiger partial charge in [-0.2, -0.15) is 0 Å². The first kappa shape index (κ1) is 19.0. The topological polar surface area (TPSA) is 65.2 Å². The number of amides is 1. The van der Waals surface area contributed by atoms with Crippen LogP contribution in [-0.2, 0) is 6.61 Å². The van der Waals surface area contributed by atoms with E-state index in [0.717, 1.165) is 23.4 Å². The Labute approximate surface area is 150 Å². The van der Waals surface area contributed by atoms with Crippen LogP contribution in [0.1, 0.15) is 73.5 Å². The van der Waals surface area contributed by atoms with Crippen molar-refractivity contribution in [3.63, 3.8) is 0 Å². The molecular weight excluding hydrogens is 312 g/mol. The lowest BCUT2D eigenvalue weighted by Crippen LogP contribution is -2.12. The molecule has 1 unspecified atom stereocenters. The van der Waals surface area contributed by atoms with Crippen molar-refractivity contribution in [3.05, 3.63) is 59.4 Å². The number of hydrogen-bond donors (Lipinski definition) is 1. The number of unbranched alkanes of at least 4 members (excludes halogenated alkanes) is 3. The van der Waals surface area contributed by atoms with Crippen molar-refractivity contribution in [3.8, 4) is 5.75 Å². The van der Waals surface area contributed by atoms with Crippen LogP contribution in [0.2, 0.25) is 0 Å². The maximum absolute atomic E-state index is 11.5. The molecule has 25 heavy (non-hydrogen) atoms. The second-order valence-corrected chi connectivity index (χ2v) is 6.48. The van der Waals surface area contributed by atoms with Gasteiger partial charge in [-0.05, 0) is 42.2 Å². The third-order valence-corrected chi connectivity index (χ3v) is 4.42. The molecule has 0 radical (unpaired) electrons. The van der Waals surface area contributed by atoms with E-state index in [1.54, 1.807) is 18.3 Å².